The Kier molecular flexibility index (Phi) is 5.74. The fraction of sp³-hybridized carbons (Fsp3) is 0.240. The van der Waals surface area contributed by atoms with Crippen molar-refractivity contribution in [2.24, 2.45) is 5.73 Å². The van der Waals surface area contributed by atoms with Crippen molar-refractivity contribution in [1.82, 2.24) is 9.55 Å². The molecule has 5 nitrogen and oxygen atoms in total. The monoisotopic (exact) mass is 431 g/mol. The first-order valence-electron chi connectivity index (χ1n) is 10.4. The van der Waals surface area contributed by atoms with E-state index in [2.05, 4.69) is 19.1 Å². The maximum Gasteiger partial charge on any atom is 0.263 e. The van der Waals surface area contributed by atoms with Gasteiger partial charge in [-0.3, -0.25) is 14.2 Å². The zero-order valence-electron chi connectivity index (χ0n) is 17.9. The van der Waals surface area contributed by atoms with E-state index in [1.807, 2.05) is 55.6 Å². The number of carbonyl (C=O) groups is 1. The summed E-state index contributed by atoms with van der Waals surface area (Å²) < 4.78 is 1.48. The zero-order valence-corrected chi connectivity index (χ0v) is 18.7. The molecule has 4 rings (SSSR count). The Labute approximate surface area is 185 Å². The molecule has 0 aliphatic rings. The highest BCUT2D eigenvalue weighted by atomic mass is 32.1. The summed E-state index contributed by atoms with van der Waals surface area (Å²) in [5, 5.41) is 2.50. The van der Waals surface area contributed by atoms with E-state index in [1.54, 1.807) is 0 Å². The largest absolute Gasteiger partial charge is 0.368 e. The minimum absolute atomic E-state index is 0.233. The van der Waals surface area contributed by atoms with E-state index < -0.39 is 11.9 Å². The summed E-state index contributed by atoms with van der Waals surface area (Å²) in [6.07, 6.45) is 1.36. The van der Waals surface area contributed by atoms with Crippen LogP contribution in [-0.4, -0.2) is 15.5 Å². The standard InChI is InChI=1S/C25H25N3O2S/c1-4-16-9-11-17(12-10-16)19-14-31-24-21(19)25(30)28(20(5-2)22(26)29)23(27-24)18-8-6-7-15(3)13-18/h6-14,20H,4-5H2,1-3H3,(H2,26,29). The summed E-state index contributed by atoms with van der Waals surface area (Å²) in [5.41, 5.74) is 10.3. The van der Waals surface area contributed by atoms with Crippen LogP contribution in [0.3, 0.4) is 0 Å². The summed E-state index contributed by atoms with van der Waals surface area (Å²) in [4.78, 5) is 31.6. The van der Waals surface area contributed by atoms with Crippen molar-refractivity contribution in [3.05, 3.63) is 75.4 Å². The van der Waals surface area contributed by atoms with E-state index in [-0.39, 0.29) is 5.56 Å². The Morgan fingerprint density at radius 3 is 2.48 bits per heavy atom. The van der Waals surface area contributed by atoms with Crippen LogP contribution in [0.25, 0.3) is 32.7 Å². The topological polar surface area (TPSA) is 78.0 Å². The van der Waals surface area contributed by atoms with Gasteiger partial charge in [-0.25, -0.2) is 4.98 Å². The van der Waals surface area contributed by atoms with Crippen molar-refractivity contribution in [2.45, 2.75) is 39.7 Å². The highest BCUT2D eigenvalue weighted by molar-refractivity contribution is 7.17. The molecular weight excluding hydrogens is 406 g/mol. The molecule has 0 saturated heterocycles. The Bertz CT molecular complexity index is 1320. The summed E-state index contributed by atoms with van der Waals surface area (Å²) in [5.74, 6) is -0.0645. The second-order valence-electron chi connectivity index (χ2n) is 7.69. The van der Waals surface area contributed by atoms with Crippen LogP contribution in [0.2, 0.25) is 0 Å². The average Bonchev–Trinajstić information content (AvgIpc) is 3.20. The molecule has 31 heavy (non-hydrogen) atoms. The summed E-state index contributed by atoms with van der Waals surface area (Å²) in [6.45, 7) is 5.95. The summed E-state index contributed by atoms with van der Waals surface area (Å²) >= 11 is 1.44. The second kappa shape index (κ2) is 8.47. The lowest BCUT2D eigenvalue weighted by atomic mass is 10.0. The molecular formula is C25H25N3O2S. The number of nitrogens with zero attached hydrogens (tertiary/aromatic N) is 2. The summed E-state index contributed by atoms with van der Waals surface area (Å²) in [6, 6.07) is 15.2. The third-order valence-electron chi connectivity index (χ3n) is 5.62. The molecule has 158 valence electrons. The SMILES string of the molecule is CCc1ccc(-c2csc3nc(-c4cccc(C)c4)n(C(CC)C(N)=O)c(=O)c23)cc1. The molecule has 0 saturated carbocycles. The van der Waals surface area contributed by atoms with Crippen LogP contribution in [0.15, 0.2) is 58.7 Å². The number of primary amides is 1. The van der Waals surface area contributed by atoms with E-state index in [0.717, 1.165) is 28.7 Å². The first-order valence-corrected chi connectivity index (χ1v) is 11.3. The van der Waals surface area contributed by atoms with Crippen molar-refractivity contribution >= 4 is 27.5 Å². The predicted molar refractivity (Wildman–Crippen MR) is 127 cm³/mol. The molecule has 0 aliphatic carbocycles. The molecule has 2 aromatic carbocycles. The van der Waals surface area contributed by atoms with Crippen LogP contribution in [0.1, 0.15) is 37.4 Å². The minimum atomic E-state index is -0.768. The lowest BCUT2D eigenvalue weighted by Crippen LogP contribution is -2.35. The minimum Gasteiger partial charge on any atom is -0.368 e. The molecule has 0 bridgehead atoms. The number of nitrogens with two attached hydrogens (primary N) is 1. The Hall–Kier alpha value is -3.25. The smallest absolute Gasteiger partial charge is 0.263 e. The van der Waals surface area contributed by atoms with Crippen molar-refractivity contribution < 1.29 is 4.79 Å². The number of hydrogen-bond acceptors (Lipinski definition) is 4. The highest BCUT2D eigenvalue weighted by Gasteiger charge is 2.25. The molecule has 2 N–H and O–H groups in total. The van der Waals surface area contributed by atoms with Gasteiger partial charge < -0.3 is 5.73 Å². The molecule has 0 spiro atoms. The van der Waals surface area contributed by atoms with Gasteiger partial charge in [0.2, 0.25) is 5.91 Å². The number of aromatic nitrogens is 2. The van der Waals surface area contributed by atoms with Gasteiger partial charge in [0.1, 0.15) is 16.7 Å². The number of rotatable bonds is 6. The van der Waals surface area contributed by atoms with Crippen LogP contribution in [0, 0.1) is 6.92 Å². The van der Waals surface area contributed by atoms with Gasteiger partial charge in [0.25, 0.3) is 5.56 Å². The van der Waals surface area contributed by atoms with Crippen molar-refractivity contribution in [3.63, 3.8) is 0 Å². The van der Waals surface area contributed by atoms with E-state index in [0.29, 0.717) is 22.5 Å². The number of fused-ring (bicyclic) bond motifs is 1. The fourth-order valence-corrected chi connectivity index (χ4v) is 4.86. The van der Waals surface area contributed by atoms with Gasteiger partial charge in [0.05, 0.1) is 5.39 Å². The Balaban J connectivity index is 2.03. The van der Waals surface area contributed by atoms with Crippen LogP contribution in [-0.2, 0) is 11.2 Å². The number of hydrogen-bond donors (Lipinski definition) is 1. The van der Waals surface area contributed by atoms with Gasteiger partial charge in [0, 0.05) is 16.5 Å². The average molecular weight is 432 g/mol. The lowest BCUT2D eigenvalue weighted by Gasteiger charge is -2.19. The van der Waals surface area contributed by atoms with Crippen LogP contribution in [0.5, 0.6) is 0 Å². The number of aryl methyl sites for hydroxylation is 2. The lowest BCUT2D eigenvalue weighted by molar-refractivity contribution is -0.121. The first-order chi connectivity index (χ1) is 14.9. The fourth-order valence-electron chi connectivity index (χ4n) is 3.92. The van der Waals surface area contributed by atoms with Gasteiger partial charge in [-0.15, -0.1) is 11.3 Å². The molecule has 0 aliphatic heterocycles. The third kappa shape index (κ3) is 3.79. The number of thiophene rings is 1. The van der Waals surface area contributed by atoms with Crippen LogP contribution >= 0.6 is 11.3 Å². The van der Waals surface area contributed by atoms with Crippen LogP contribution < -0.4 is 11.3 Å². The third-order valence-corrected chi connectivity index (χ3v) is 6.49. The number of benzene rings is 2. The molecule has 0 radical (unpaired) electrons. The van der Waals surface area contributed by atoms with E-state index >= 15 is 0 Å². The maximum absolute atomic E-state index is 13.8. The zero-order chi connectivity index (χ0) is 22.1. The van der Waals surface area contributed by atoms with E-state index in [4.69, 9.17) is 10.7 Å². The molecule has 6 heteroatoms. The molecule has 1 amide bonds. The van der Waals surface area contributed by atoms with Gasteiger partial charge in [-0.1, -0.05) is 61.9 Å². The molecule has 1 unspecified atom stereocenters. The van der Waals surface area contributed by atoms with Gasteiger partial charge in [-0.05, 0) is 37.0 Å². The maximum atomic E-state index is 13.8. The van der Waals surface area contributed by atoms with Gasteiger partial charge in [-0.2, -0.15) is 0 Å². The van der Waals surface area contributed by atoms with E-state index in [1.165, 1.54) is 21.5 Å². The molecule has 1 atom stereocenters. The Morgan fingerprint density at radius 1 is 1.13 bits per heavy atom. The van der Waals surface area contributed by atoms with Crippen LogP contribution in [0.4, 0.5) is 0 Å². The number of amides is 1. The van der Waals surface area contributed by atoms with Gasteiger partial charge >= 0.3 is 0 Å². The van der Waals surface area contributed by atoms with E-state index in [9.17, 15) is 9.59 Å². The predicted octanol–water partition coefficient (Wildman–Crippen LogP) is 5.10. The molecule has 2 aromatic heterocycles. The Morgan fingerprint density at radius 2 is 1.87 bits per heavy atom. The van der Waals surface area contributed by atoms with Crippen molar-refractivity contribution in [1.29, 1.82) is 0 Å². The molecule has 0 fully saturated rings. The second-order valence-corrected chi connectivity index (χ2v) is 8.54. The number of carbonyl (C=O) groups excluding carboxylic acids is 1. The van der Waals surface area contributed by atoms with Gasteiger partial charge in [0.15, 0.2) is 0 Å². The highest BCUT2D eigenvalue weighted by Crippen LogP contribution is 2.33. The van der Waals surface area contributed by atoms with Crippen molar-refractivity contribution in [3.8, 4) is 22.5 Å². The molecule has 4 aromatic rings. The quantitative estimate of drug-likeness (QED) is 0.461. The molecule has 2 heterocycles. The normalized spacial score (nSPS) is 12.2. The van der Waals surface area contributed by atoms with Crippen molar-refractivity contribution in [2.75, 3.05) is 0 Å². The first kappa shape index (κ1) is 21.0. The summed E-state index contributed by atoms with van der Waals surface area (Å²) in [7, 11) is 0.